The van der Waals surface area contributed by atoms with E-state index in [1.165, 1.54) is 0 Å². The smallest absolute Gasteiger partial charge is 0.248 e. The van der Waals surface area contributed by atoms with E-state index in [9.17, 15) is 4.79 Å². The van der Waals surface area contributed by atoms with E-state index >= 15 is 0 Å². The predicted molar refractivity (Wildman–Crippen MR) is 90.6 cm³/mol. The number of carbonyl (C=O) groups is 1. The minimum absolute atomic E-state index is 0.0608. The maximum Gasteiger partial charge on any atom is 0.248 e. The molecule has 1 saturated heterocycles. The molecule has 1 aliphatic heterocycles. The Bertz CT molecular complexity index is 622. The van der Waals surface area contributed by atoms with Crippen molar-refractivity contribution < 1.29 is 9.53 Å². The number of nitrogens with zero attached hydrogens (tertiary/aromatic N) is 4. The van der Waals surface area contributed by atoms with E-state index in [0.717, 1.165) is 29.5 Å². The summed E-state index contributed by atoms with van der Waals surface area (Å²) >= 11 is 1.66. The monoisotopic (exact) mass is 332 g/mol. The molecular formula is C16H20N4O2S. The van der Waals surface area contributed by atoms with Crippen molar-refractivity contribution in [2.75, 3.05) is 44.3 Å². The average Bonchev–Trinajstić information content (AvgIpc) is 3.14. The zero-order valence-electron chi connectivity index (χ0n) is 13.1. The second-order valence-electron chi connectivity index (χ2n) is 5.26. The van der Waals surface area contributed by atoms with E-state index < -0.39 is 0 Å². The first-order chi connectivity index (χ1) is 11.3. The van der Waals surface area contributed by atoms with Crippen LogP contribution in [0.4, 0.5) is 5.82 Å². The molecule has 0 spiro atoms. The maximum absolute atomic E-state index is 11.9. The van der Waals surface area contributed by atoms with Crippen LogP contribution in [0, 0.1) is 0 Å². The number of anilines is 1. The molecule has 0 saturated carbocycles. The number of hydrogen-bond donors (Lipinski definition) is 0. The highest BCUT2D eigenvalue weighted by Crippen LogP contribution is 2.23. The molecular weight excluding hydrogens is 312 g/mol. The summed E-state index contributed by atoms with van der Waals surface area (Å²) in [6, 6.07) is 8.05. The highest BCUT2D eigenvalue weighted by Gasteiger charge is 2.22. The van der Waals surface area contributed by atoms with Crippen LogP contribution < -0.4 is 4.90 Å². The molecule has 0 bridgehead atoms. The molecule has 0 aromatic carbocycles. The van der Waals surface area contributed by atoms with E-state index in [1.54, 1.807) is 11.3 Å². The normalized spacial score (nSPS) is 15.0. The van der Waals surface area contributed by atoms with Crippen molar-refractivity contribution in [1.82, 2.24) is 15.1 Å². The van der Waals surface area contributed by atoms with Crippen molar-refractivity contribution in [2.24, 2.45) is 0 Å². The Kier molecular flexibility index (Phi) is 5.19. The lowest BCUT2D eigenvalue weighted by molar-refractivity contribution is -0.136. The quantitative estimate of drug-likeness (QED) is 0.837. The molecule has 1 aliphatic rings. The third-order valence-corrected chi connectivity index (χ3v) is 4.70. The van der Waals surface area contributed by atoms with E-state index in [4.69, 9.17) is 4.74 Å². The molecule has 2 aromatic heterocycles. The van der Waals surface area contributed by atoms with Gasteiger partial charge in [-0.25, -0.2) is 0 Å². The minimum Gasteiger partial charge on any atom is -0.372 e. The molecule has 0 radical (unpaired) electrons. The predicted octanol–water partition coefficient (Wildman–Crippen LogP) is 1.89. The molecule has 6 nitrogen and oxygen atoms in total. The van der Waals surface area contributed by atoms with E-state index in [1.807, 2.05) is 41.5 Å². The Morgan fingerprint density at radius 2 is 2.04 bits per heavy atom. The number of thiophene rings is 1. The van der Waals surface area contributed by atoms with Crippen LogP contribution in [0.15, 0.2) is 29.6 Å². The summed E-state index contributed by atoms with van der Waals surface area (Å²) in [6.07, 6.45) is 0. The second kappa shape index (κ2) is 7.52. The largest absolute Gasteiger partial charge is 0.372 e. The van der Waals surface area contributed by atoms with Crippen molar-refractivity contribution in [3.63, 3.8) is 0 Å². The number of carbonyl (C=O) groups excluding carboxylic acids is 1. The van der Waals surface area contributed by atoms with Crippen molar-refractivity contribution in [2.45, 2.75) is 6.92 Å². The van der Waals surface area contributed by atoms with Gasteiger partial charge in [-0.15, -0.1) is 21.5 Å². The zero-order valence-corrected chi connectivity index (χ0v) is 14.0. The molecule has 0 aliphatic carbocycles. The third kappa shape index (κ3) is 3.86. The number of amides is 1. The number of ether oxygens (including phenoxy) is 1. The first-order valence-corrected chi connectivity index (χ1v) is 8.64. The van der Waals surface area contributed by atoms with Crippen LogP contribution in [0.1, 0.15) is 6.92 Å². The lowest BCUT2D eigenvalue weighted by Crippen LogP contribution is -2.50. The SMILES string of the molecule is CCOCC(=O)N1CCN(c2ccc(-c3cccs3)nn2)CC1. The van der Waals surface area contributed by atoms with Gasteiger partial charge >= 0.3 is 0 Å². The summed E-state index contributed by atoms with van der Waals surface area (Å²) < 4.78 is 5.18. The summed E-state index contributed by atoms with van der Waals surface area (Å²) in [4.78, 5) is 17.1. The van der Waals surface area contributed by atoms with Crippen LogP contribution in [-0.4, -0.2) is 60.4 Å². The van der Waals surface area contributed by atoms with Gasteiger partial charge in [0.2, 0.25) is 5.91 Å². The fourth-order valence-corrected chi connectivity index (χ4v) is 3.21. The number of hydrogen-bond acceptors (Lipinski definition) is 6. The van der Waals surface area contributed by atoms with Gasteiger partial charge in [0.25, 0.3) is 0 Å². The summed E-state index contributed by atoms with van der Waals surface area (Å²) in [5.74, 6) is 0.924. The van der Waals surface area contributed by atoms with Crippen LogP contribution >= 0.6 is 11.3 Å². The van der Waals surface area contributed by atoms with Gasteiger partial charge in [-0.05, 0) is 30.5 Å². The van der Waals surface area contributed by atoms with Crippen LogP contribution in [0.2, 0.25) is 0 Å². The van der Waals surface area contributed by atoms with Gasteiger partial charge < -0.3 is 14.5 Å². The summed E-state index contributed by atoms with van der Waals surface area (Å²) in [7, 11) is 0. The van der Waals surface area contributed by atoms with Gasteiger partial charge in [-0.1, -0.05) is 6.07 Å². The fourth-order valence-electron chi connectivity index (χ4n) is 2.52. The number of rotatable bonds is 5. The van der Waals surface area contributed by atoms with Crippen LogP contribution in [0.5, 0.6) is 0 Å². The van der Waals surface area contributed by atoms with Gasteiger partial charge in [-0.3, -0.25) is 4.79 Å². The highest BCUT2D eigenvalue weighted by atomic mass is 32.1. The van der Waals surface area contributed by atoms with Gasteiger partial charge in [-0.2, -0.15) is 0 Å². The standard InChI is InChI=1S/C16H20N4O2S/c1-2-22-12-16(21)20-9-7-19(8-10-20)15-6-5-13(17-18-15)14-4-3-11-23-14/h3-6,11H,2,7-10,12H2,1H3. The molecule has 0 unspecified atom stereocenters. The van der Waals surface area contributed by atoms with E-state index in [-0.39, 0.29) is 12.5 Å². The molecule has 7 heteroatoms. The van der Waals surface area contributed by atoms with Gasteiger partial charge in [0.05, 0.1) is 4.88 Å². The van der Waals surface area contributed by atoms with Crippen LogP contribution in [-0.2, 0) is 9.53 Å². The highest BCUT2D eigenvalue weighted by molar-refractivity contribution is 7.13. The zero-order chi connectivity index (χ0) is 16.1. The van der Waals surface area contributed by atoms with Gasteiger partial charge in [0, 0.05) is 32.8 Å². The first kappa shape index (κ1) is 15.9. The average molecular weight is 332 g/mol. The molecule has 23 heavy (non-hydrogen) atoms. The summed E-state index contributed by atoms with van der Waals surface area (Å²) in [5, 5.41) is 10.7. The Morgan fingerprint density at radius 3 is 2.65 bits per heavy atom. The van der Waals surface area contributed by atoms with Crippen LogP contribution in [0.3, 0.4) is 0 Å². The Morgan fingerprint density at radius 1 is 1.22 bits per heavy atom. The van der Waals surface area contributed by atoms with Crippen LogP contribution in [0.25, 0.3) is 10.6 Å². The molecule has 3 rings (SSSR count). The number of piperazine rings is 1. The van der Waals surface area contributed by atoms with Crippen molar-refractivity contribution >= 4 is 23.1 Å². The maximum atomic E-state index is 11.9. The number of aromatic nitrogens is 2. The summed E-state index contributed by atoms with van der Waals surface area (Å²) in [6.45, 7) is 5.56. The molecule has 1 amide bonds. The molecule has 3 heterocycles. The van der Waals surface area contributed by atoms with Gasteiger partial charge in [0.15, 0.2) is 5.82 Å². The third-order valence-electron chi connectivity index (χ3n) is 3.81. The molecule has 0 N–H and O–H groups in total. The lowest BCUT2D eigenvalue weighted by atomic mass is 10.3. The summed E-state index contributed by atoms with van der Waals surface area (Å²) in [5.41, 5.74) is 0.897. The minimum atomic E-state index is 0.0608. The molecule has 1 fully saturated rings. The Labute approximate surface area is 139 Å². The lowest BCUT2D eigenvalue weighted by Gasteiger charge is -2.35. The van der Waals surface area contributed by atoms with E-state index in [2.05, 4.69) is 15.1 Å². The van der Waals surface area contributed by atoms with E-state index in [0.29, 0.717) is 19.7 Å². The van der Waals surface area contributed by atoms with Crippen molar-refractivity contribution in [3.05, 3.63) is 29.6 Å². The Hall–Kier alpha value is -1.99. The molecule has 0 atom stereocenters. The topological polar surface area (TPSA) is 58.6 Å². The first-order valence-electron chi connectivity index (χ1n) is 7.76. The van der Waals surface area contributed by atoms with Crippen molar-refractivity contribution in [3.8, 4) is 10.6 Å². The van der Waals surface area contributed by atoms with Crippen molar-refractivity contribution in [1.29, 1.82) is 0 Å². The Balaban J connectivity index is 1.56. The fraction of sp³-hybridized carbons (Fsp3) is 0.438. The molecule has 122 valence electrons. The second-order valence-corrected chi connectivity index (χ2v) is 6.21. The molecule has 2 aromatic rings. The van der Waals surface area contributed by atoms with Gasteiger partial charge in [0.1, 0.15) is 12.3 Å².